The molecule has 2 aliphatic rings. The zero-order valence-corrected chi connectivity index (χ0v) is 17.6. The quantitative estimate of drug-likeness (QED) is 0.644. The number of hydrogen-bond donors (Lipinski definition) is 0. The van der Waals surface area contributed by atoms with Gasteiger partial charge in [-0.05, 0) is 24.6 Å². The van der Waals surface area contributed by atoms with Crippen LogP contribution in [0.3, 0.4) is 0 Å². The molecule has 1 saturated heterocycles. The number of likely N-dealkylation sites (tertiary alicyclic amines) is 1. The summed E-state index contributed by atoms with van der Waals surface area (Å²) in [5.74, 6) is 1.03. The Kier molecular flexibility index (Phi) is 4.94. The highest BCUT2D eigenvalue weighted by atomic mass is 16.5. The van der Waals surface area contributed by atoms with E-state index >= 15 is 0 Å². The summed E-state index contributed by atoms with van der Waals surface area (Å²) in [4.78, 5) is 33.8. The minimum atomic E-state index is -0.474. The van der Waals surface area contributed by atoms with E-state index in [0.717, 1.165) is 42.2 Å². The summed E-state index contributed by atoms with van der Waals surface area (Å²) in [6.45, 7) is 2.15. The molecule has 2 bridgehead atoms. The standard InChI is InChI=1S/C23H25N5O3/c1-26(2)23(30)22-17-9-16(20-6-3-7-21(29)28(20)22)12-27(13-17)14-18-10-19(25-31-18)15-5-4-8-24-11-15/h3-8,10-11,16-17,22H,9,12-14H2,1-2H3/t16-,17+,22-/m1/s1. The van der Waals surface area contributed by atoms with E-state index in [0.29, 0.717) is 6.54 Å². The predicted molar refractivity (Wildman–Crippen MR) is 114 cm³/mol. The number of carbonyl (C=O) groups excluding carboxylic acids is 1. The molecule has 160 valence electrons. The first kappa shape index (κ1) is 19.7. The Balaban J connectivity index is 1.42. The lowest BCUT2D eigenvalue weighted by molar-refractivity contribution is -0.135. The number of fused-ring (bicyclic) bond motifs is 4. The highest BCUT2D eigenvalue weighted by Gasteiger charge is 2.44. The van der Waals surface area contributed by atoms with Gasteiger partial charge < -0.3 is 9.42 Å². The first-order chi connectivity index (χ1) is 15.0. The third kappa shape index (κ3) is 3.57. The Bertz CT molecular complexity index is 1150. The molecule has 3 aromatic rings. The summed E-state index contributed by atoms with van der Waals surface area (Å²) < 4.78 is 7.32. The zero-order chi connectivity index (χ0) is 21.5. The molecule has 5 heterocycles. The van der Waals surface area contributed by atoms with E-state index in [1.165, 1.54) is 0 Å². The molecule has 0 aliphatic carbocycles. The molecule has 0 radical (unpaired) electrons. The van der Waals surface area contributed by atoms with Crippen LogP contribution in [0.1, 0.15) is 29.8 Å². The van der Waals surface area contributed by atoms with Crippen LogP contribution < -0.4 is 5.56 Å². The van der Waals surface area contributed by atoms with Crippen LogP contribution in [-0.2, 0) is 11.3 Å². The maximum Gasteiger partial charge on any atom is 0.251 e. The van der Waals surface area contributed by atoms with Crippen molar-refractivity contribution in [2.75, 3.05) is 27.2 Å². The molecule has 1 amide bonds. The van der Waals surface area contributed by atoms with Crippen molar-refractivity contribution in [1.29, 1.82) is 0 Å². The van der Waals surface area contributed by atoms with Gasteiger partial charge in [0.2, 0.25) is 5.91 Å². The minimum absolute atomic E-state index is 0.0293. The van der Waals surface area contributed by atoms with Crippen molar-refractivity contribution in [2.24, 2.45) is 5.92 Å². The van der Waals surface area contributed by atoms with Crippen molar-refractivity contribution in [2.45, 2.75) is 24.9 Å². The summed E-state index contributed by atoms with van der Waals surface area (Å²) in [6, 6.07) is 10.6. The molecule has 5 rings (SSSR count). The van der Waals surface area contributed by atoms with Gasteiger partial charge in [0.05, 0.1) is 6.54 Å². The summed E-state index contributed by atoms with van der Waals surface area (Å²) in [7, 11) is 3.49. The second kappa shape index (κ2) is 7.77. The molecule has 0 spiro atoms. The van der Waals surface area contributed by atoms with Crippen molar-refractivity contribution in [3.63, 3.8) is 0 Å². The van der Waals surface area contributed by atoms with Crippen molar-refractivity contribution >= 4 is 5.91 Å². The third-order valence-electron chi connectivity index (χ3n) is 6.31. The Hall–Kier alpha value is -3.26. The highest BCUT2D eigenvalue weighted by molar-refractivity contribution is 5.80. The predicted octanol–water partition coefficient (Wildman–Crippen LogP) is 2.15. The van der Waals surface area contributed by atoms with Gasteiger partial charge >= 0.3 is 0 Å². The van der Waals surface area contributed by atoms with E-state index in [4.69, 9.17) is 4.52 Å². The Labute approximate surface area is 180 Å². The molecule has 31 heavy (non-hydrogen) atoms. The van der Waals surface area contributed by atoms with E-state index < -0.39 is 6.04 Å². The fourth-order valence-corrected chi connectivity index (χ4v) is 5.00. The number of aromatic nitrogens is 3. The van der Waals surface area contributed by atoms with Gasteiger partial charge in [0.15, 0.2) is 5.76 Å². The largest absolute Gasteiger partial charge is 0.359 e. The zero-order valence-electron chi connectivity index (χ0n) is 17.6. The number of piperidine rings is 1. The lowest BCUT2D eigenvalue weighted by Gasteiger charge is -2.46. The van der Waals surface area contributed by atoms with Gasteiger partial charge in [-0.15, -0.1) is 0 Å². The first-order valence-corrected chi connectivity index (χ1v) is 10.5. The van der Waals surface area contributed by atoms with Crippen molar-refractivity contribution in [3.05, 3.63) is 70.6 Å². The van der Waals surface area contributed by atoms with E-state index in [-0.39, 0.29) is 23.3 Å². The first-order valence-electron chi connectivity index (χ1n) is 10.5. The molecule has 8 heteroatoms. The number of hydrogen-bond acceptors (Lipinski definition) is 6. The monoisotopic (exact) mass is 419 g/mol. The molecular weight excluding hydrogens is 394 g/mol. The van der Waals surface area contributed by atoms with Gasteiger partial charge in [-0.2, -0.15) is 0 Å². The SMILES string of the molecule is CN(C)C(=O)[C@H]1[C@H]2C[C@H](CN(Cc3cc(-c4cccnc4)no3)C2)c2cccc(=O)n21. The molecule has 0 aromatic carbocycles. The average Bonchev–Trinajstić information content (AvgIpc) is 3.23. The van der Waals surface area contributed by atoms with Gasteiger partial charge in [-0.1, -0.05) is 11.2 Å². The van der Waals surface area contributed by atoms with Crippen molar-refractivity contribution in [3.8, 4) is 11.3 Å². The number of nitrogens with zero attached hydrogens (tertiary/aromatic N) is 5. The molecule has 8 nitrogen and oxygen atoms in total. The van der Waals surface area contributed by atoms with Gasteiger partial charge in [0.1, 0.15) is 11.7 Å². The van der Waals surface area contributed by atoms with Gasteiger partial charge in [0.25, 0.3) is 5.56 Å². The number of rotatable bonds is 4. The number of likely N-dealkylation sites (N-methyl/N-ethyl adjacent to an activating group) is 1. The fraction of sp³-hybridized carbons (Fsp3) is 0.391. The lowest BCUT2D eigenvalue weighted by atomic mass is 9.78. The van der Waals surface area contributed by atoms with Crippen molar-refractivity contribution < 1.29 is 9.32 Å². The second-order valence-electron chi connectivity index (χ2n) is 8.64. The van der Waals surface area contributed by atoms with Crippen LogP contribution in [0, 0.1) is 5.92 Å². The summed E-state index contributed by atoms with van der Waals surface area (Å²) in [5.41, 5.74) is 2.52. The maximum absolute atomic E-state index is 13.1. The van der Waals surface area contributed by atoms with Gasteiger partial charge in [0, 0.05) is 74.8 Å². The van der Waals surface area contributed by atoms with E-state index in [1.54, 1.807) is 48.1 Å². The van der Waals surface area contributed by atoms with Crippen LogP contribution in [-0.4, -0.2) is 57.6 Å². The molecule has 0 unspecified atom stereocenters. The Morgan fingerprint density at radius 3 is 2.87 bits per heavy atom. The summed E-state index contributed by atoms with van der Waals surface area (Å²) in [6.07, 6.45) is 4.40. The van der Waals surface area contributed by atoms with Crippen LogP contribution in [0.25, 0.3) is 11.3 Å². The highest BCUT2D eigenvalue weighted by Crippen LogP contribution is 2.42. The van der Waals surface area contributed by atoms with Gasteiger partial charge in [-0.3, -0.25) is 24.0 Å². The van der Waals surface area contributed by atoms with Crippen LogP contribution in [0.15, 0.2) is 58.1 Å². The van der Waals surface area contributed by atoms with E-state index in [2.05, 4.69) is 15.0 Å². The second-order valence-corrected chi connectivity index (χ2v) is 8.64. The average molecular weight is 419 g/mol. The molecule has 1 fully saturated rings. The third-order valence-corrected chi connectivity index (χ3v) is 6.31. The van der Waals surface area contributed by atoms with Gasteiger partial charge in [-0.25, -0.2) is 0 Å². The minimum Gasteiger partial charge on any atom is -0.359 e. The molecular formula is C23H25N5O3. The number of pyridine rings is 2. The molecule has 3 aromatic heterocycles. The Morgan fingerprint density at radius 2 is 2.10 bits per heavy atom. The normalized spacial score (nSPS) is 22.7. The number of carbonyl (C=O) groups is 1. The van der Waals surface area contributed by atoms with Crippen LogP contribution in [0.4, 0.5) is 0 Å². The van der Waals surface area contributed by atoms with Crippen LogP contribution in [0.5, 0.6) is 0 Å². The van der Waals surface area contributed by atoms with Crippen molar-refractivity contribution in [1.82, 2.24) is 24.5 Å². The van der Waals surface area contributed by atoms with Crippen LogP contribution in [0.2, 0.25) is 0 Å². The molecule has 2 aliphatic heterocycles. The molecule has 0 saturated carbocycles. The summed E-state index contributed by atoms with van der Waals surface area (Å²) >= 11 is 0. The topological polar surface area (TPSA) is 84.5 Å². The summed E-state index contributed by atoms with van der Waals surface area (Å²) in [5, 5.41) is 4.19. The molecule has 3 atom stereocenters. The lowest BCUT2D eigenvalue weighted by Crippen LogP contribution is -2.52. The maximum atomic E-state index is 13.1. The fourth-order valence-electron chi connectivity index (χ4n) is 5.00. The molecule has 0 N–H and O–H groups in total. The van der Waals surface area contributed by atoms with Crippen LogP contribution >= 0.6 is 0 Å². The van der Waals surface area contributed by atoms with E-state index in [1.807, 2.05) is 24.3 Å². The number of amides is 1. The smallest absolute Gasteiger partial charge is 0.251 e. The Morgan fingerprint density at radius 1 is 1.23 bits per heavy atom. The van der Waals surface area contributed by atoms with E-state index in [9.17, 15) is 9.59 Å².